The number of likely N-dealkylation sites (tertiary alicyclic amines) is 1. The van der Waals surface area contributed by atoms with Crippen LogP contribution in [0.2, 0.25) is 0 Å². The average molecular weight is 489 g/mol. The van der Waals surface area contributed by atoms with E-state index in [1.54, 1.807) is 19.0 Å². The minimum absolute atomic E-state index is 0.128. The number of fused-ring (bicyclic) bond motifs is 1. The summed E-state index contributed by atoms with van der Waals surface area (Å²) in [6, 6.07) is 6.28. The van der Waals surface area contributed by atoms with Crippen molar-refractivity contribution in [1.29, 1.82) is 0 Å². The van der Waals surface area contributed by atoms with Crippen LogP contribution in [0.3, 0.4) is 0 Å². The molecule has 3 heterocycles. The van der Waals surface area contributed by atoms with Crippen LogP contribution in [0.4, 0.5) is 0 Å². The van der Waals surface area contributed by atoms with Crippen LogP contribution in [0.15, 0.2) is 34.6 Å². The van der Waals surface area contributed by atoms with Crippen LogP contribution in [-0.4, -0.2) is 62.9 Å². The molecule has 0 spiro atoms. The van der Waals surface area contributed by atoms with Crippen molar-refractivity contribution >= 4 is 62.1 Å². The third-order valence-electron chi connectivity index (χ3n) is 6.05. The fourth-order valence-corrected chi connectivity index (χ4v) is 4.83. The second kappa shape index (κ2) is 8.15. The van der Waals surface area contributed by atoms with Crippen molar-refractivity contribution < 1.29 is 9.59 Å². The lowest BCUT2D eigenvalue weighted by atomic mass is 10.0. The maximum atomic E-state index is 13.0. The van der Waals surface area contributed by atoms with E-state index in [1.807, 2.05) is 39.9 Å². The second-order valence-electron chi connectivity index (χ2n) is 8.04. The second-order valence-corrected chi connectivity index (χ2v) is 9.32. The lowest BCUT2D eigenvalue weighted by molar-refractivity contribution is -0.135. The molecule has 30 heavy (non-hydrogen) atoms. The Kier molecular flexibility index (Phi) is 5.72. The Balaban J connectivity index is 1.73. The molecule has 2 fully saturated rings. The Bertz CT molecular complexity index is 1080. The number of aromatic nitrogens is 1. The summed E-state index contributed by atoms with van der Waals surface area (Å²) in [4.78, 5) is 30.8. The molecule has 1 aromatic heterocycles. The standard InChI is InChI=1S/C22H25BrN4O2S/c1-14-6-4-5-9-27(14)20(28)13-26-12-15(17-11-16(23)7-8-18(17)26)10-19-21(29)25(3)22(30)24(19)2/h7-8,10-12,14H,4-6,9,13H2,1-3H3/b19-10-/t14-/m1/s1. The fourth-order valence-electron chi connectivity index (χ4n) is 4.28. The number of carbonyl (C=O) groups is 2. The Morgan fingerprint density at radius 1 is 1.27 bits per heavy atom. The van der Waals surface area contributed by atoms with Gasteiger partial charge in [0.25, 0.3) is 5.91 Å². The molecule has 6 nitrogen and oxygen atoms in total. The molecule has 0 radical (unpaired) electrons. The fraction of sp³-hybridized carbons (Fsp3) is 0.409. The van der Waals surface area contributed by atoms with Gasteiger partial charge in [0.15, 0.2) is 5.11 Å². The summed E-state index contributed by atoms with van der Waals surface area (Å²) in [5.74, 6) is 0.00723. The predicted octanol–water partition coefficient (Wildman–Crippen LogP) is 3.83. The maximum absolute atomic E-state index is 13.0. The van der Waals surface area contributed by atoms with E-state index >= 15 is 0 Å². The number of piperidine rings is 1. The largest absolute Gasteiger partial charge is 0.338 e. The number of hydrogen-bond donors (Lipinski definition) is 0. The Morgan fingerprint density at radius 3 is 2.70 bits per heavy atom. The number of thiocarbonyl (C=S) groups is 1. The number of hydrogen-bond acceptors (Lipinski definition) is 3. The summed E-state index contributed by atoms with van der Waals surface area (Å²) >= 11 is 8.87. The summed E-state index contributed by atoms with van der Waals surface area (Å²) in [7, 11) is 3.48. The van der Waals surface area contributed by atoms with Gasteiger partial charge in [-0.1, -0.05) is 15.9 Å². The summed E-state index contributed by atoms with van der Waals surface area (Å²) in [5.41, 5.74) is 2.38. The number of amides is 2. The number of nitrogens with zero attached hydrogens (tertiary/aromatic N) is 4. The molecular weight excluding hydrogens is 464 g/mol. The van der Waals surface area contributed by atoms with Crippen molar-refractivity contribution in [3.05, 3.63) is 40.1 Å². The van der Waals surface area contributed by atoms with E-state index in [1.165, 1.54) is 11.3 Å². The van der Waals surface area contributed by atoms with E-state index in [2.05, 4.69) is 22.9 Å². The molecule has 2 aromatic rings. The number of rotatable bonds is 3. The topological polar surface area (TPSA) is 48.8 Å². The summed E-state index contributed by atoms with van der Waals surface area (Å²) in [6.07, 6.45) is 7.12. The first kappa shape index (κ1) is 21.1. The van der Waals surface area contributed by atoms with Gasteiger partial charge in [-0.05, 0) is 62.7 Å². The molecule has 158 valence electrons. The Labute approximate surface area is 190 Å². The number of carbonyl (C=O) groups excluding carboxylic acids is 2. The quantitative estimate of drug-likeness (QED) is 0.486. The van der Waals surface area contributed by atoms with Gasteiger partial charge >= 0.3 is 0 Å². The summed E-state index contributed by atoms with van der Waals surface area (Å²) in [6.45, 7) is 3.23. The SMILES string of the molecule is C[C@@H]1CCCCN1C(=O)Cn1cc(/C=C2/C(=O)N(C)C(=S)N2C)c2cc(Br)ccc21. The number of likely N-dealkylation sites (N-methyl/N-ethyl adjacent to an activating group) is 2. The molecule has 2 aliphatic rings. The van der Waals surface area contributed by atoms with Crippen molar-refractivity contribution in [3.63, 3.8) is 0 Å². The molecule has 4 rings (SSSR count). The van der Waals surface area contributed by atoms with Gasteiger partial charge in [-0.15, -0.1) is 0 Å². The van der Waals surface area contributed by atoms with Gasteiger partial charge in [0.1, 0.15) is 12.2 Å². The van der Waals surface area contributed by atoms with E-state index in [4.69, 9.17) is 12.2 Å². The van der Waals surface area contributed by atoms with Gasteiger partial charge < -0.3 is 14.4 Å². The zero-order valence-electron chi connectivity index (χ0n) is 17.4. The molecule has 2 amide bonds. The first-order chi connectivity index (χ1) is 14.3. The molecular formula is C22H25BrN4O2S. The van der Waals surface area contributed by atoms with Crippen molar-refractivity contribution in [2.45, 2.75) is 38.8 Å². The van der Waals surface area contributed by atoms with Crippen LogP contribution in [0, 0.1) is 0 Å². The maximum Gasteiger partial charge on any atom is 0.276 e. The highest BCUT2D eigenvalue weighted by Gasteiger charge is 2.33. The van der Waals surface area contributed by atoms with Crippen LogP contribution in [-0.2, 0) is 16.1 Å². The first-order valence-electron chi connectivity index (χ1n) is 10.1. The highest BCUT2D eigenvalue weighted by atomic mass is 79.9. The summed E-state index contributed by atoms with van der Waals surface area (Å²) in [5, 5.41) is 1.46. The van der Waals surface area contributed by atoms with E-state index in [9.17, 15) is 9.59 Å². The molecule has 0 aliphatic carbocycles. The van der Waals surface area contributed by atoms with Crippen LogP contribution in [0.5, 0.6) is 0 Å². The molecule has 8 heteroatoms. The van der Waals surface area contributed by atoms with Crippen molar-refractivity contribution in [2.75, 3.05) is 20.6 Å². The van der Waals surface area contributed by atoms with Crippen molar-refractivity contribution in [2.24, 2.45) is 0 Å². The normalized spacial score (nSPS) is 21.4. The van der Waals surface area contributed by atoms with E-state index in [0.717, 1.165) is 40.3 Å². The first-order valence-corrected chi connectivity index (χ1v) is 11.3. The third-order valence-corrected chi connectivity index (χ3v) is 7.10. The van der Waals surface area contributed by atoms with Crippen LogP contribution in [0.25, 0.3) is 17.0 Å². The van der Waals surface area contributed by atoms with Crippen LogP contribution in [0.1, 0.15) is 31.7 Å². The Morgan fingerprint density at radius 2 is 2.03 bits per heavy atom. The van der Waals surface area contributed by atoms with Gasteiger partial charge in [-0.3, -0.25) is 14.5 Å². The smallest absolute Gasteiger partial charge is 0.276 e. The lowest BCUT2D eigenvalue weighted by Crippen LogP contribution is -2.43. The molecule has 1 aromatic carbocycles. The lowest BCUT2D eigenvalue weighted by Gasteiger charge is -2.33. The minimum Gasteiger partial charge on any atom is -0.338 e. The van der Waals surface area contributed by atoms with Gasteiger partial charge in [-0.2, -0.15) is 0 Å². The van der Waals surface area contributed by atoms with E-state index in [-0.39, 0.29) is 24.4 Å². The van der Waals surface area contributed by atoms with Crippen molar-refractivity contribution in [3.8, 4) is 0 Å². The molecule has 2 saturated heterocycles. The molecule has 0 bridgehead atoms. The number of halogens is 1. The minimum atomic E-state index is -0.128. The van der Waals surface area contributed by atoms with Gasteiger partial charge in [0, 0.05) is 53.8 Å². The Hall–Kier alpha value is -2.19. The zero-order chi connectivity index (χ0) is 21.6. The highest BCUT2D eigenvalue weighted by molar-refractivity contribution is 9.10. The average Bonchev–Trinajstić information content (AvgIpc) is 3.14. The predicted molar refractivity (Wildman–Crippen MR) is 126 cm³/mol. The van der Waals surface area contributed by atoms with Crippen LogP contribution < -0.4 is 0 Å². The molecule has 1 atom stereocenters. The molecule has 0 N–H and O–H groups in total. The van der Waals surface area contributed by atoms with E-state index < -0.39 is 0 Å². The third kappa shape index (κ3) is 3.67. The van der Waals surface area contributed by atoms with Crippen molar-refractivity contribution in [1.82, 2.24) is 19.3 Å². The summed E-state index contributed by atoms with van der Waals surface area (Å²) < 4.78 is 2.93. The van der Waals surface area contributed by atoms with E-state index in [0.29, 0.717) is 10.8 Å². The molecule has 0 saturated carbocycles. The highest BCUT2D eigenvalue weighted by Crippen LogP contribution is 2.29. The van der Waals surface area contributed by atoms with Gasteiger partial charge in [-0.25, -0.2) is 0 Å². The molecule has 0 unspecified atom stereocenters. The zero-order valence-corrected chi connectivity index (χ0v) is 19.8. The van der Waals surface area contributed by atoms with Gasteiger partial charge in [0.05, 0.1) is 0 Å². The monoisotopic (exact) mass is 488 g/mol. The van der Waals surface area contributed by atoms with Crippen LogP contribution >= 0.6 is 28.1 Å². The van der Waals surface area contributed by atoms with Gasteiger partial charge in [0.2, 0.25) is 5.91 Å². The number of benzene rings is 1. The molecule has 2 aliphatic heterocycles.